The van der Waals surface area contributed by atoms with Crippen LogP contribution in [0, 0.1) is 11.3 Å². The molecular formula is C22H24N6O2. The molecule has 2 amide bonds. The van der Waals surface area contributed by atoms with Crippen molar-refractivity contribution in [1.29, 1.82) is 5.26 Å². The number of anilines is 3. The number of carbonyl (C=O) groups excluding carboxylic acids is 1. The van der Waals surface area contributed by atoms with E-state index in [0.717, 1.165) is 36.2 Å². The summed E-state index contributed by atoms with van der Waals surface area (Å²) in [6, 6.07) is 10.8. The predicted octanol–water partition coefficient (Wildman–Crippen LogP) is 4.35. The van der Waals surface area contributed by atoms with Crippen LogP contribution in [0.15, 0.2) is 34.9 Å². The molecule has 1 aliphatic rings. The molecule has 8 heteroatoms. The van der Waals surface area contributed by atoms with Gasteiger partial charge in [-0.05, 0) is 49.1 Å². The average molecular weight is 404 g/mol. The monoisotopic (exact) mass is 404 g/mol. The molecule has 30 heavy (non-hydrogen) atoms. The zero-order valence-electron chi connectivity index (χ0n) is 17.2. The molecule has 0 radical (unpaired) electrons. The quantitative estimate of drug-likeness (QED) is 0.599. The number of urea groups is 1. The van der Waals surface area contributed by atoms with Crippen molar-refractivity contribution in [1.82, 2.24) is 9.72 Å². The number of hydrogen-bond acceptors (Lipinski definition) is 5. The number of nitrogens with zero attached hydrogens (tertiary/aromatic N) is 3. The number of rotatable bonds is 3. The number of nitrogens with one attached hydrogen (secondary N) is 2. The van der Waals surface area contributed by atoms with E-state index in [-0.39, 0.29) is 5.41 Å². The van der Waals surface area contributed by atoms with Crippen LogP contribution in [-0.4, -0.2) is 15.8 Å². The Hall–Kier alpha value is -3.73. The van der Waals surface area contributed by atoms with Crippen molar-refractivity contribution in [3.63, 3.8) is 0 Å². The molecule has 154 valence electrons. The van der Waals surface area contributed by atoms with Crippen LogP contribution in [0.3, 0.4) is 0 Å². The van der Waals surface area contributed by atoms with Gasteiger partial charge in [0.05, 0.1) is 5.69 Å². The second kappa shape index (κ2) is 7.26. The molecule has 2 aromatic heterocycles. The van der Waals surface area contributed by atoms with Crippen LogP contribution in [-0.2, 0) is 18.3 Å². The molecule has 0 bridgehead atoms. The number of aromatic nitrogens is 2. The SMILES string of the molecule is CC(C)(C)c1cc(NC(=O)Nc2ccc(-n3c(C#N)c(N)c4c3CCC4)cc2)no1. The maximum Gasteiger partial charge on any atom is 0.324 e. The highest BCUT2D eigenvalue weighted by Gasteiger charge is 2.25. The lowest BCUT2D eigenvalue weighted by molar-refractivity contribution is 0.262. The van der Waals surface area contributed by atoms with Crippen LogP contribution in [0.2, 0.25) is 0 Å². The number of carbonyl (C=O) groups is 1. The summed E-state index contributed by atoms with van der Waals surface area (Å²) in [7, 11) is 0. The molecule has 0 saturated heterocycles. The normalized spacial score (nSPS) is 13.0. The Balaban J connectivity index is 1.49. The van der Waals surface area contributed by atoms with E-state index in [1.807, 2.05) is 37.5 Å². The highest BCUT2D eigenvalue weighted by molar-refractivity contribution is 5.99. The van der Waals surface area contributed by atoms with Gasteiger partial charge in [0.15, 0.2) is 5.82 Å². The Kier molecular flexibility index (Phi) is 4.74. The fourth-order valence-electron chi connectivity index (χ4n) is 3.72. The minimum Gasteiger partial charge on any atom is -0.396 e. The van der Waals surface area contributed by atoms with E-state index in [1.165, 1.54) is 0 Å². The first-order valence-corrected chi connectivity index (χ1v) is 9.85. The van der Waals surface area contributed by atoms with Crippen LogP contribution >= 0.6 is 0 Å². The van der Waals surface area contributed by atoms with Crippen molar-refractivity contribution in [2.45, 2.75) is 45.4 Å². The number of benzene rings is 1. The fourth-order valence-corrected chi connectivity index (χ4v) is 3.72. The molecule has 0 unspecified atom stereocenters. The molecule has 4 N–H and O–H groups in total. The summed E-state index contributed by atoms with van der Waals surface area (Å²) in [5, 5.41) is 18.9. The topological polar surface area (TPSA) is 122 Å². The molecule has 0 saturated carbocycles. The summed E-state index contributed by atoms with van der Waals surface area (Å²) < 4.78 is 7.19. The Morgan fingerprint density at radius 3 is 2.60 bits per heavy atom. The first-order chi connectivity index (χ1) is 14.3. The van der Waals surface area contributed by atoms with Crippen molar-refractivity contribution >= 4 is 23.2 Å². The van der Waals surface area contributed by atoms with Gasteiger partial charge in [0.2, 0.25) is 0 Å². The van der Waals surface area contributed by atoms with Gasteiger partial charge in [0.1, 0.15) is 17.5 Å². The molecule has 2 heterocycles. The van der Waals surface area contributed by atoms with Crippen LogP contribution in [0.1, 0.15) is 49.9 Å². The number of nitriles is 1. The van der Waals surface area contributed by atoms with Crippen LogP contribution in [0.5, 0.6) is 0 Å². The van der Waals surface area contributed by atoms with Gasteiger partial charge in [-0.1, -0.05) is 25.9 Å². The van der Waals surface area contributed by atoms with Crippen molar-refractivity contribution in [2.24, 2.45) is 0 Å². The van der Waals surface area contributed by atoms with Crippen molar-refractivity contribution in [3.05, 3.63) is 53.0 Å². The lowest BCUT2D eigenvalue weighted by Crippen LogP contribution is -2.19. The molecule has 0 aliphatic heterocycles. The Morgan fingerprint density at radius 2 is 1.97 bits per heavy atom. The highest BCUT2D eigenvalue weighted by atomic mass is 16.5. The van der Waals surface area contributed by atoms with Gasteiger partial charge in [0.25, 0.3) is 0 Å². The van der Waals surface area contributed by atoms with Gasteiger partial charge in [-0.15, -0.1) is 0 Å². The largest absolute Gasteiger partial charge is 0.396 e. The Bertz CT molecular complexity index is 1140. The Labute approximate surface area is 174 Å². The van der Waals surface area contributed by atoms with Gasteiger partial charge >= 0.3 is 6.03 Å². The standard InChI is InChI=1S/C22H24N6O2/c1-22(2,3)18-11-19(27-30-18)26-21(29)25-13-7-9-14(10-8-13)28-16-6-4-5-15(16)20(24)17(28)12-23/h7-11H,4-6,24H2,1-3H3,(H2,25,26,27,29). The minimum absolute atomic E-state index is 0.191. The number of hydrogen-bond donors (Lipinski definition) is 3. The minimum atomic E-state index is -0.416. The molecule has 4 rings (SSSR count). The fraction of sp³-hybridized carbons (Fsp3) is 0.318. The number of nitrogens with two attached hydrogens (primary N) is 1. The molecule has 1 aliphatic carbocycles. The van der Waals surface area contributed by atoms with Crippen molar-refractivity contribution in [3.8, 4) is 11.8 Å². The highest BCUT2D eigenvalue weighted by Crippen LogP contribution is 2.35. The number of amides is 2. The second-order valence-electron chi connectivity index (χ2n) is 8.44. The molecule has 0 spiro atoms. The zero-order chi connectivity index (χ0) is 21.5. The predicted molar refractivity (Wildman–Crippen MR) is 115 cm³/mol. The van der Waals surface area contributed by atoms with Crippen molar-refractivity contribution in [2.75, 3.05) is 16.4 Å². The Morgan fingerprint density at radius 1 is 1.23 bits per heavy atom. The van der Waals surface area contributed by atoms with Crippen molar-refractivity contribution < 1.29 is 9.32 Å². The van der Waals surface area contributed by atoms with E-state index in [4.69, 9.17) is 10.3 Å². The maximum absolute atomic E-state index is 12.3. The van der Waals surface area contributed by atoms with Crippen LogP contribution in [0.4, 0.5) is 22.0 Å². The first kappa shape index (κ1) is 19.6. The summed E-state index contributed by atoms with van der Waals surface area (Å²) in [6.45, 7) is 6.01. The molecule has 1 aromatic carbocycles. The summed E-state index contributed by atoms with van der Waals surface area (Å²) in [6.07, 6.45) is 2.85. The van der Waals surface area contributed by atoms with E-state index >= 15 is 0 Å². The number of nitrogen functional groups attached to an aromatic ring is 1. The van der Waals surface area contributed by atoms with E-state index in [0.29, 0.717) is 28.6 Å². The van der Waals surface area contributed by atoms with E-state index in [1.54, 1.807) is 18.2 Å². The molecule has 0 atom stereocenters. The zero-order valence-corrected chi connectivity index (χ0v) is 17.2. The second-order valence-corrected chi connectivity index (χ2v) is 8.44. The van der Waals surface area contributed by atoms with Gasteiger partial charge in [-0.25, -0.2) is 4.79 Å². The van der Waals surface area contributed by atoms with E-state index in [2.05, 4.69) is 21.9 Å². The third kappa shape index (κ3) is 3.50. The molecular weight excluding hydrogens is 380 g/mol. The third-order valence-electron chi connectivity index (χ3n) is 5.24. The van der Waals surface area contributed by atoms with Gasteiger partial charge in [-0.2, -0.15) is 5.26 Å². The first-order valence-electron chi connectivity index (χ1n) is 9.85. The van der Waals surface area contributed by atoms with E-state index in [9.17, 15) is 10.1 Å². The lowest BCUT2D eigenvalue weighted by Gasteiger charge is -2.12. The van der Waals surface area contributed by atoms with Crippen LogP contribution in [0.25, 0.3) is 5.69 Å². The van der Waals surface area contributed by atoms with Gasteiger partial charge in [0, 0.05) is 28.6 Å². The van der Waals surface area contributed by atoms with Gasteiger partial charge in [-0.3, -0.25) is 5.32 Å². The van der Waals surface area contributed by atoms with E-state index < -0.39 is 6.03 Å². The summed E-state index contributed by atoms with van der Waals surface area (Å²) in [5.41, 5.74) is 10.7. The smallest absolute Gasteiger partial charge is 0.324 e. The molecule has 8 nitrogen and oxygen atoms in total. The van der Waals surface area contributed by atoms with Gasteiger partial charge < -0.3 is 20.1 Å². The van der Waals surface area contributed by atoms with Crippen LogP contribution < -0.4 is 16.4 Å². The summed E-state index contributed by atoms with van der Waals surface area (Å²) in [5.74, 6) is 1.04. The number of fused-ring (bicyclic) bond motifs is 1. The third-order valence-corrected chi connectivity index (χ3v) is 5.24. The molecule has 0 fully saturated rings. The summed E-state index contributed by atoms with van der Waals surface area (Å²) >= 11 is 0. The maximum atomic E-state index is 12.3. The molecule has 3 aromatic rings. The average Bonchev–Trinajstić information content (AvgIpc) is 3.39. The summed E-state index contributed by atoms with van der Waals surface area (Å²) in [4.78, 5) is 12.3. The lowest BCUT2D eigenvalue weighted by atomic mass is 9.93.